The summed E-state index contributed by atoms with van der Waals surface area (Å²) in [5.41, 5.74) is 0. The van der Waals surface area contributed by atoms with Crippen molar-refractivity contribution in [3.8, 4) is 0 Å². The Labute approximate surface area is 132 Å². The van der Waals surface area contributed by atoms with E-state index >= 15 is 0 Å². The highest BCUT2D eigenvalue weighted by Crippen LogP contribution is 2.20. The molecule has 0 atom stereocenters. The van der Waals surface area contributed by atoms with Crippen LogP contribution < -0.4 is 0 Å². The second kappa shape index (κ2) is 6.29. The van der Waals surface area contributed by atoms with Crippen molar-refractivity contribution >= 4 is 32.0 Å². The van der Waals surface area contributed by atoms with E-state index in [1.54, 1.807) is 19.0 Å². The first kappa shape index (κ1) is 16.2. The molecular formula is C12H17BrN4O3S. The van der Waals surface area contributed by atoms with Gasteiger partial charge in [0.25, 0.3) is 0 Å². The number of amides is 2. The zero-order valence-corrected chi connectivity index (χ0v) is 14.3. The Morgan fingerprint density at radius 1 is 1.24 bits per heavy atom. The molecule has 2 rings (SSSR count). The van der Waals surface area contributed by atoms with Gasteiger partial charge in [-0.3, -0.25) is 4.98 Å². The Bertz CT molecular complexity index is 627. The lowest BCUT2D eigenvalue weighted by molar-refractivity contribution is 0.149. The molecule has 0 saturated carbocycles. The summed E-state index contributed by atoms with van der Waals surface area (Å²) in [5, 5.41) is 0. The monoisotopic (exact) mass is 376 g/mol. The van der Waals surface area contributed by atoms with Crippen LogP contribution in [0.1, 0.15) is 0 Å². The van der Waals surface area contributed by atoms with Gasteiger partial charge in [-0.15, -0.1) is 0 Å². The van der Waals surface area contributed by atoms with E-state index < -0.39 is 10.0 Å². The third kappa shape index (κ3) is 3.53. The third-order valence-electron chi connectivity index (χ3n) is 3.21. The van der Waals surface area contributed by atoms with Crippen LogP contribution in [-0.2, 0) is 10.0 Å². The second-order valence-electron chi connectivity index (χ2n) is 4.91. The molecule has 1 aliphatic heterocycles. The van der Waals surface area contributed by atoms with Crippen LogP contribution in [0.4, 0.5) is 4.79 Å². The Hall–Kier alpha value is -1.19. The summed E-state index contributed by atoms with van der Waals surface area (Å²) in [6.45, 7) is 1.35. The molecule has 1 aliphatic rings. The Morgan fingerprint density at radius 3 is 2.38 bits per heavy atom. The summed E-state index contributed by atoms with van der Waals surface area (Å²) in [6.07, 6.45) is 2.87. The van der Waals surface area contributed by atoms with E-state index in [1.807, 2.05) is 0 Å². The van der Waals surface area contributed by atoms with Gasteiger partial charge in [0.1, 0.15) is 4.90 Å². The number of carbonyl (C=O) groups is 1. The van der Waals surface area contributed by atoms with Gasteiger partial charge in [-0.05, 0) is 22.0 Å². The largest absolute Gasteiger partial charge is 0.331 e. The summed E-state index contributed by atoms with van der Waals surface area (Å²) in [5.74, 6) is 0. The van der Waals surface area contributed by atoms with Gasteiger partial charge >= 0.3 is 6.03 Å². The lowest BCUT2D eigenvalue weighted by Crippen LogP contribution is -2.52. The van der Waals surface area contributed by atoms with Crippen LogP contribution in [0.5, 0.6) is 0 Å². The first-order chi connectivity index (χ1) is 9.82. The lowest BCUT2D eigenvalue weighted by Gasteiger charge is -2.35. The van der Waals surface area contributed by atoms with E-state index in [-0.39, 0.29) is 24.0 Å². The fourth-order valence-electron chi connectivity index (χ4n) is 2.09. The molecule has 0 aromatic carbocycles. The number of rotatable bonds is 2. The molecule has 0 bridgehead atoms. The fourth-order valence-corrected chi connectivity index (χ4v) is 4.01. The molecule has 21 heavy (non-hydrogen) atoms. The number of nitrogens with zero attached hydrogens (tertiary/aromatic N) is 4. The number of aromatic nitrogens is 1. The van der Waals surface area contributed by atoms with E-state index in [2.05, 4.69) is 20.9 Å². The number of urea groups is 1. The van der Waals surface area contributed by atoms with Crippen LogP contribution in [0.2, 0.25) is 0 Å². The number of hydrogen-bond acceptors (Lipinski definition) is 4. The number of pyridine rings is 1. The molecule has 0 radical (unpaired) electrons. The van der Waals surface area contributed by atoms with Crippen LogP contribution in [0.15, 0.2) is 27.8 Å². The predicted octanol–water partition coefficient (Wildman–Crippen LogP) is 0.832. The first-order valence-electron chi connectivity index (χ1n) is 6.39. The molecule has 116 valence electrons. The molecule has 0 unspecified atom stereocenters. The normalized spacial score (nSPS) is 16.8. The highest BCUT2D eigenvalue weighted by Gasteiger charge is 2.30. The quantitative estimate of drug-likeness (QED) is 0.766. The van der Waals surface area contributed by atoms with E-state index in [4.69, 9.17) is 0 Å². The van der Waals surface area contributed by atoms with E-state index in [1.165, 1.54) is 27.7 Å². The van der Waals surface area contributed by atoms with Gasteiger partial charge in [0.15, 0.2) is 0 Å². The van der Waals surface area contributed by atoms with Crippen molar-refractivity contribution in [3.63, 3.8) is 0 Å². The number of sulfonamides is 1. The maximum Gasteiger partial charge on any atom is 0.319 e. The highest BCUT2D eigenvalue weighted by atomic mass is 79.9. The SMILES string of the molecule is CN(C)C(=O)N1CCN(S(=O)(=O)c2cncc(Br)c2)CC1. The Kier molecular flexibility index (Phi) is 4.84. The average molecular weight is 377 g/mol. The minimum atomic E-state index is -3.56. The summed E-state index contributed by atoms with van der Waals surface area (Å²) in [6, 6.07) is 1.43. The second-order valence-corrected chi connectivity index (χ2v) is 7.76. The molecule has 2 heterocycles. The molecule has 1 saturated heterocycles. The molecule has 1 aromatic heterocycles. The number of carbonyl (C=O) groups excluding carboxylic acids is 1. The minimum absolute atomic E-state index is 0.101. The van der Waals surface area contributed by atoms with E-state index in [0.29, 0.717) is 17.6 Å². The lowest BCUT2D eigenvalue weighted by atomic mass is 10.4. The molecule has 7 nitrogen and oxygen atoms in total. The van der Waals surface area contributed by atoms with Gasteiger partial charge in [0.2, 0.25) is 10.0 Å². The molecule has 9 heteroatoms. The third-order valence-corrected chi connectivity index (χ3v) is 5.51. The van der Waals surface area contributed by atoms with Gasteiger partial charge in [0, 0.05) is 57.1 Å². The molecule has 1 aromatic rings. The summed E-state index contributed by atoms with van der Waals surface area (Å²) >= 11 is 3.22. The van der Waals surface area contributed by atoms with Crippen molar-refractivity contribution < 1.29 is 13.2 Å². The summed E-state index contributed by atoms with van der Waals surface area (Å²) in [7, 11) is -0.206. The molecule has 0 N–H and O–H groups in total. The van der Waals surface area contributed by atoms with Crippen molar-refractivity contribution in [1.29, 1.82) is 0 Å². The number of piperazine rings is 1. The molecule has 2 amide bonds. The summed E-state index contributed by atoms with van der Waals surface area (Å²) < 4.78 is 27.0. The van der Waals surface area contributed by atoms with Gasteiger partial charge in [-0.25, -0.2) is 13.2 Å². The maximum absolute atomic E-state index is 12.5. The van der Waals surface area contributed by atoms with Crippen LogP contribution in [-0.4, -0.2) is 73.8 Å². The minimum Gasteiger partial charge on any atom is -0.331 e. The van der Waals surface area contributed by atoms with Crippen molar-refractivity contribution in [2.75, 3.05) is 40.3 Å². The zero-order valence-electron chi connectivity index (χ0n) is 11.9. The molecular weight excluding hydrogens is 360 g/mol. The Balaban J connectivity index is 2.10. The van der Waals surface area contributed by atoms with Gasteiger partial charge in [0.05, 0.1) is 0 Å². The topological polar surface area (TPSA) is 73.8 Å². The smallest absolute Gasteiger partial charge is 0.319 e. The number of hydrogen-bond donors (Lipinski definition) is 0. The van der Waals surface area contributed by atoms with Crippen LogP contribution in [0.3, 0.4) is 0 Å². The summed E-state index contributed by atoms with van der Waals surface area (Å²) in [4.78, 5) is 19.0. The van der Waals surface area contributed by atoms with E-state index in [9.17, 15) is 13.2 Å². The predicted molar refractivity (Wildman–Crippen MR) is 81.4 cm³/mol. The standard InChI is InChI=1S/C12H17BrN4O3S/c1-15(2)12(18)16-3-5-17(6-4-16)21(19,20)11-7-10(13)8-14-9-11/h7-9H,3-6H2,1-2H3. The van der Waals surface area contributed by atoms with Crippen molar-refractivity contribution in [2.24, 2.45) is 0 Å². The molecule has 1 fully saturated rings. The average Bonchev–Trinajstić information content (AvgIpc) is 2.46. The fraction of sp³-hybridized carbons (Fsp3) is 0.500. The van der Waals surface area contributed by atoms with Crippen molar-refractivity contribution in [3.05, 3.63) is 22.9 Å². The first-order valence-corrected chi connectivity index (χ1v) is 8.62. The molecule has 0 aliphatic carbocycles. The maximum atomic E-state index is 12.5. The van der Waals surface area contributed by atoms with E-state index in [0.717, 1.165) is 0 Å². The Morgan fingerprint density at radius 2 is 1.86 bits per heavy atom. The van der Waals surface area contributed by atoms with Crippen LogP contribution >= 0.6 is 15.9 Å². The molecule has 0 spiro atoms. The highest BCUT2D eigenvalue weighted by molar-refractivity contribution is 9.10. The van der Waals surface area contributed by atoms with Crippen LogP contribution in [0, 0.1) is 0 Å². The van der Waals surface area contributed by atoms with Gasteiger partial charge < -0.3 is 9.80 Å². The van der Waals surface area contributed by atoms with Crippen LogP contribution in [0.25, 0.3) is 0 Å². The van der Waals surface area contributed by atoms with Gasteiger partial charge in [-0.1, -0.05) is 0 Å². The van der Waals surface area contributed by atoms with Crippen molar-refractivity contribution in [1.82, 2.24) is 19.1 Å². The van der Waals surface area contributed by atoms with Crippen molar-refractivity contribution in [2.45, 2.75) is 4.90 Å². The van der Waals surface area contributed by atoms with Gasteiger partial charge in [-0.2, -0.15) is 4.31 Å². The number of halogens is 1. The zero-order chi connectivity index (χ0) is 15.6.